The van der Waals surface area contributed by atoms with Gasteiger partial charge in [-0.3, -0.25) is 0 Å². The number of hydrogen-bond acceptors (Lipinski definition) is 2. The van der Waals surface area contributed by atoms with Crippen molar-refractivity contribution in [3.05, 3.63) is 18.5 Å². The highest BCUT2D eigenvalue weighted by Crippen LogP contribution is 1.99. The minimum Gasteiger partial charge on any atom is -0.350 e. The molecule has 5 heteroatoms. The summed E-state index contributed by atoms with van der Waals surface area (Å²) in [6.07, 6.45) is 0.899. The molecule has 0 saturated carbocycles. The molecule has 1 aromatic heterocycles. The number of aromatic nitrogens is 2. The van der Waals surface area contributed by atoms with Gasteiger partial charge in [0.05, 0.1) is 19.1 Å². The molecule has 62 valence electrons. The Morgan fingerprint density at radius 1 is 1.82 bits per heavy atom. The highest BCUT2D eigenvalue weighted by atomic mass is 19.1. The van der Waals surface area contributed by atoms with E-state index < -0.39 is 12.3 Å². The molecule has 3 nitrogen and oxygen atoms in total. The number of nitrogens with zero attached hydrogens (tertiary/aromatic N) is 2. The summed E-state index contributed by atoms with van der Waals surface area (Å²) in [5.41, 5.74) is 0. The fourth-order valence-electron chi connectivity index (χ4n) is 0.673. The van der Waals surface area contributed by atoms with Gasteiger partial charge in [-0.05, 0) is 0 Å². The number of alkyl halides is 1. The zero-order valence-corrected chi connectivity index (χ0v) is 6.00. The van der Waals surface area contributed by atoms with Gasteiger partial charge in [0.2, 0.25) is 12.3 Å². The van der Waals surface area contributed by atoms with Crippen LogP contribution in [-0.4, -0.2) is 23.0 Å². The predicted octanol–water partition coefficient (Wildman–Crippen LogP) is 0.964. The molecule has 1 atom stereocenters. The lowest BCUT2D eigenvalue weighted by atomic mass is 10.6. The van der Waals surface area contributed by atoms with Gasteiger partial charge in [0, 0.05) is 7.11 Å². The number of hydrogen-bond donors (Lipinski definition) is 0. The summed E-state index contributed by atoms with van der Waals surface area (Å²) in [5.74, 6) is -0.617. The maximum atomic E-state index is 12.4. The first-order valence-electron chi connectivity index (χ1n) is 3.06. The predicted molar refractivity (Wildman–Crippen MR) is 34.1 cm³/mol. The Morgan fingerprint density at radius 2 is 2.55 bits per heavy atom. The Labute approximate surface area is 62.6 Å². The lowest BCUT2D eigenvalue weighted by Crippen LogP contribution is -2.11. The molecule has 0 aliphatic heterocycles. The molecule has 1 heterocycles. The van der Waals surface area contributed by atoms with Gasteiger partial charge in [-0.1, -0.05) is 0 Å². The van der Waals surface area contributed by atoms with Crippen LogP contribution in [0.15, 0.2) is 12.5 Å². The van der Waals surface area contributed by atoms with Gasteiger partial charge in [-0.25, -0.2) is 9.37 Å². The van der Waals surface area contributed by atoms with Crippen molar-refractivity contribution < 1.29 is 13.5 Å². The third-order valence-corrected chi connectivity index (χ3v) is 1.21. The van der Waals surface area contributed by atoms with Crippen LogP contribution in [0.5, 0.6) is 0 Å². The number of methoxy groups -OCH3 is 1. The van der Waals surface area contributed by atoms with Crippen molar-refractivity contribution in [2.45, 2.75) is 12.9 Å². The first-order valence-corrected chi connectivity index (χ1v) is 3.06. The van der Waals surface area contributed by atoms with Crippen LogP contribution in [0.3, 0.4) is 0 Å². The zero-order valence-electron chi connectivity index (χ0n) is 6.00. The van der Waals surface area contributed by atoms with Gasteiger partial charge in [-0.2, -0.15) is 4.39 Å². The number of ether oxygens (including phenoxy) is 1. The Balaban J connectivity index is 2.50. The molecular weight excluding hydrogens is 154 g/mol. The van der Waals surface area contributed by atoms with E-state index in [2.05, 4.69) is 9.72 Å². The van der Waals surface area contributed by atoms with Crippen LogP contribution < -0.4 is 0 Å². The van der Waals surface area contributed by atoms with E-state index in [1.54, 1.807) is 0 Å². The molecule has 0 aromatic carbocycles. The van der Waals surface area contributed by atoms with E-state index in [0.717, 1.165) is 6.20 Å². The second-order valence-corrected chi connectivity index (χ2v) is 2.04. The Bertz CT molecular complexity index is 226. The molecule has 1 aromatic rings. The molecule has 0 fully saturated rings. The summed E-state index contributed by atoms with van der Waals surface area (Å²) in [5, 5.41) is 0. The van der Waals surface area contributed by atoms with Crippen LogP contribution in [-0.2, 0) is 11.3 Å². The van der Waals surface area contributed by atoms with Crippen LogP contribution in [0.1, 0.15) is 0 Å². The minimum atomic E-state index is -1.41. The molecular formula is C6H8F2N2O. The molecule has 1 unspecified atom stereocenters. The lowest BCUT2D eigenvalue weighted by Gasteiger charge is -2.04. The van der Waals surface area contributed by atoms with Gasteiger partial charge in [0.15, 0.2) is 0 Å². The highest BCUT2D eigenvalue weighted by molar-refractivity contribution is 4.78. The third-order valence-electron chi connectivity index (χ3n) is 1.21. The first-order chi connectivity index (χ1) is 5.22. The second kappa shape index (κ2) is 3.43. The molecule has 0 aliphatic carbocycles. The third kappa shape index (κ3) is 2.27. The topological polar surface area (TPSA) is 27.1 Å². The van der Waals surface area contributed by atoms with Crippen molar-refractivity contribution in [2.75, 3.05) is 7.11 Å². The van der Waals surface area contributed by atoms with E-state index in [1.807, 2.05) is 0 Å². The smallest absolute Gasteiger partial charge is 0.230 e. The van der Waals surface area contributed by atoms with E-state index in [-0.39, 0.29) is 6.54 Å². The molecule has 0 N–H and O–H groups in total. The molecule has 11 heavy (non-hydrogen) atoms. The fourth-order valence-corrected chi connectivity index (χ4v) is 0.673. The largest absolute Gasteiger partial charge is 0.350 e. The molecule has 0 saturated heterocycles. The van der Waals surface area contributed by atoms with Crippen molar-refractivity contribution in [1.82, 2.24) is 9.55 Å². The fraction of sp³-hybridized carbons (Fsp3) is 0.500. The van der Waals surface area contributed by atoms with Crippen molar-refractivity contribution >= 4 is 0 Å². The molecule has 0 bridgehead atoms. The zero-order chi connectivity index (χ0) is 8.27. The summed E-state index contributed by atoms with van der Waals surface area (Å²) in [6.45, 7) is -0.0343. The molecule has 0 radical (unpaired) electrons. The van der Waals surface area contributed by atoms with Crippen molar-refractivity contribution in [2.24, 2.45) is 0 Å². The van der Waals surface area contributed by atoms with Gasteiger partial charge < -0.3 is 9.30 Å². The van der Waals surface area contributed by atoms with Crippen molar-refractivity contribution in [3.8, 4) is 0 Å². The Hall–Kier alpha value is -0.970. The van der Waals surface area contributed by atoms with E-state index in [0.29, 0.717) is 0 Å². The van der Waals surface area contributed by atoms with E-state index in [4.69, 9.17) is 0 Å². The van der Waals surface area contributed by atoms with Crippen LogP contribution in [0.4, 0.5) is 8.78 Å². The molecule has 1 rings (SSSR count). The van der Waals surface area contributed by atoms with Crippen LogP contribution in [0.2, 0.25) is 0 Å². The van der Waals surface area contributed by atoms with Gasteiger partial charge in [0.25, 0.3) is 0 Å². The molecule has 0 aliphatic rings. The minimum absolute atomic E-state index is 0.0343. The van der Waals surface area contributed by atoms with Crippen LogP contribution >= 0.6 is 0 Å². The maximum Gasteiger partial charge on any atom is 0.230 e. The van der Waals surface area contributed by atoms with Gasteiger partial charge >= 0.3 is 0 Å². The Morgan fingerprint density at radius 3 is 3.00 bits per heavy atom. The maximum absolute atomic E-state index is 12.4. The van der Waals surface area contributed by atoms with Gasteiger partial charge in [-0.15, -0.1) is 0 Å². The quantitative estimate of drug-likeness (QED) is 0.662. The lowest BCUT2D eigenvalue weighted by molar-refractivity contribution is -0.0169. The highest BCUT2D eigenvalue weighted by Gasteiger charge is 2.05. The van der Waals surface area contributed by atoms with E-state index in [9.17, 15) is 8.78 Å². The number of halogens is 2. The van der Waals surface area contributed by atoms with Crippen LogP contribution in [0.25, 0.3) is 0 Å². The summed E-state index contributed by atoms with van der Waals surface area (Å²) in [6, 6.07) is 0. The normalized spacial score (nSPS) is 13.4. The number of imidazole rings is 1. The summed E-state index contributed by atoms with van der Waals surface area (Å²) >= 11 is 0. The van der Waals surface area contributed by atoms with Crippen LogP contribution in [0, 0.1) is 5.95 Å². The summed E-state index contributed by atoms with van der Waals surface area (Å²) < 4.78 is 30.2. The van der Waals surface area contributed by atoms with E-state index >= 15 is 0 Å². The van der Waals surface area contributed by atoms with Crippen molar-refractivity contribution in [1.29, 1.82) is 0 Å². The Kier molecular flexibility index (Phi) is 2.53. The molecule has 0 spiro atoms. The average Bonchev–Trinajstić information content (AvgIpc) is 2.35. The number of rotatable bonds is 3. The monoisotopic (exact) mass is 162 g/mol. The summed E-state index contributed by atoms with van der Waals surface area (Å²) in [4.78, 5) is 3.28. The molecule has 0 amide bonds. The second-order valence-electron chi connectivity index (χ2n) is 2.04. The summed E-state index contributed by atoms with van der Waals surface area (Å²) in [7, 11) is 1.25. The standard InChI is InChI=1S/C6H8F2N2O/c1-11-6(8)3-10-2-5(7)9-4-10/h2,4,6H,3H2,1H3. The van der Waals surface area contributed by atoms with Gasteiger partial charge in [0.1, 0.15) is 0 Å². The average molecular weight is 162 g/mol. The van der Waals surface area contributed by atoms with E-state index in [1.165, 1.54) is 18.0 Å². The first kappa shape index (κ1) is 8.13. The SMILES string of the molecule is COC(F)Cn1cnc(F)c1. The van der Waals surface area contributed by atoms with Crippen molar-refractivity contribution in [3.63, 3.8) is 0 Å².